The number of fused-ring (bicyclic) bond motifs is 4. The molecule has 328 valence electrons. The van der Waals surface area contributed by atoms with Gasteiger partial charge in [0.1, 0.15) is 53.8 Å². The van der Waals surface area contributed by atoms with Gasteiger partial charge in [-0.1, -0.05) is 44.1 Å². The molecule has 6 N–H and O–H groups in total. The summed E-state index contributed by atoms with van der Waals surface area (Å²) >= 11 is 8.32. The van der Waals surface area contributed by atoms with Crippen molar-refractivity contribution in [3.05, 3.63) is 24.4 Å². The average Bonchev–Trinajstić information content (AvgIpc) is 3.88. The smallest absolute Gasteiger partial charge is 0.407 e. The maximum atomic E-state index is 16.3. The number of anilines is 3. The zero-order valence-corrected chi connectivity index (χ0v) is 37.2. The minimum absolute atomic E-state index is 0.0332. The molecule has 4 aromatic heterocycles. The molecule has 4 aliphatic heterocycles. The number of nitrogens with zero attached hydrogens (tertiary/aromatic N) is 7. The normalized spacial score (nSPS) is 32.3. The van der Waals surface area contributed by atoms with Gasteiger partial charge in [-0.05, 0) is 24.4 Å². The monoisotopic (exact) mass is 933 g/mol. The molecular formula is C32H46FN11O11P2S2Si. The number of aliphatic hydroxyl groups excluding tert-OH is 1. The van der Waals surface area contributed by atoms with Gasteiger partial charge >= 0.3 is 19.7 Å². The number of imidazole rings is 1. The fraction of sp³-hybridized carbons (Fsp3) is 0.625. The Kier molecular flexibility index (Phi) is 12.5. The fourth-order valence-electron chi connectivity index (χ4n) is 7.29. The number of thiol groups is 2. The molecule has 28 heteroatoms. The Morgan fingerprint density at radius 2 is 1.77 bits per heavy atom. The van der Waals surface area contributed by atoms with Gasteiger partial charge in [0.2, 0.25) is 5.95 Å². The van der Waals surface area contributed by atoms with Crippen molar-refractivity contribution in [3.63, 3.8) is 0 Å². The first kappa shape index (κ1) is 43.5. The van der Waals surface area contributed by atoms with Crippen molar-refractivity contribution in [2.45, 2.75) is 87.7 Å². The second-order valence-electron chi connectivity index (χ2n) is 15.8. The standard InChI is InChI=1S/C32H46FN11O11P2S2Si/c1-60(2,3)10-9-49-32(46)37-8-7-36-31-41-25(34)21-28(42-31)44(15-40-21)30-24-20(33)17(52-30)12-50-56(47,58)54-23-18(13-51-57(48,59)55-24)53-29(22(23)45)43-11-16-5-4-6-35-26-19(16)27(43)39-14-38-26/h11,14-15,17-18,20,22-24,29-30,45H,4-10,12-13H2,1-3H3,(H,37,46)(H,47,58)(H,48,59)(H,35,38,39)(H3,34,36,41,42)/t17-,18-,20-,22-,23-,24-,29-,30-,56?,57?/m1/s1. The highest BCUT2D eigenvalue weighted by molar-refractivity contribution is 8.44. The second-order valence-corrected chi connectivity index (χ2v) is 27.2. The van der Waals surface area contributed by atoms with Crippen LogP contribution >= 0.6 is 38.1 Å². The van der Waals surface area contributed by atoms with Crippen LogP contribution in [-0.4, -0.2) is 129 Å². The molecule has 4 aliphatic rings. The summed E-state index contributed by atoms with van der Waals surface area (Å²) in [7, 11) is -1.37. The van der Waals surface area contributed by atoms with E-state index in [-0.39, 0.29) is 36.0 Å². The number of aliphatic hydroxyl groups is 1. The van der Waals surface area contributed by atoms with Gasteiger partial charge in [0, 0.05) is 33.9 Å². The first-order valence-electron chi connectivity index (χ1n) is 19.1. The van der Waals surface area contributed by atoms with Gasteiger partial charge in [0.25, 0.3) is 0 Å². The van der Waals surface area contributed by atoms with E-state index in [0.29, 0.717) is 24.5 Å². The van der Waals surface area contributed by atoms with Gasteiger partial charge in [-0.3, -0.25) is 22.7 Å². The number of hydrogen-bond acceptors (Lipinski definition) is 19. The third kappa shape index (κ3) is 9.30. The number of carbonyl (C=O) groups is 1. The molecule has 3 fully saturated rings. The third-order valence-corrected chi connectivity index (χ3v) is 15.2. The van der Waals surface area contributed by atoms with Crippen LogP contribution in [0.25, 0.3) is 22.2 Å². The van der Waals surface area contributed by atoms with Crippen LogP contribution in [0.4, 0.5) is 26.8 Å². The number of halogens is 1. The maximum Gasteiger partial charge on any atom is 0.407 e. The van der Waals surface area contributed by atoms with Crippen LogP contribution in [0, 0.1) is 0 Å². The molecule has 2 bridgehead atoms. The van der Waals surface area contributed by atoms with E-state index in [1.54, 1.807) is 10.8 Å². The molecule has 0 saturated carbocycles. The van der Waals surface area contributed by atoms with Crippen molar-refractivity contribution in [1.29, 1.82) is 0 Å². The number of alkyl halides is 1. The number of nitrogens with two attached hydrogens (primary N) is 1. The molecule has 22 nitrogen and oxygen atoms in total. The van der Waals surface area contributed by atoms with E-state index < -0.39 is 90.1 Å². The quantitative estimate of drug-likeness (QED) is 0.0539. The molecule has 0 aliphatic carbocycles. The lowest BCUT2D eigenvalue weighted by molar-refractivity contribution is -0.0572. The largest absolute Gasteiger partial charge is 0.450 e. The summed E-state index contributed by atoms with van der Waals surface area (Å²) in [5.41, 5.74) is 7.82. The first-order chi connectivity index (χ1) is 28.5. The molecule has 0 radical (unpaired) electrons. The molecule has 4 aromatic rings. The summed E-state index contributed by atoms with van der Waals surface area (Å²) in [4.78, 5) is 33.9. The number of hydrogen-bond donors (Lipinski definition) is 7. The van der Waals surface area contributed by atoms with Crippen LogP contribution in [0.15, 0.2) is 18.9 Å². The molecule has 0 spiro atoms. The first-order valence-corrected chi connectivity index (χ1v) is 28.2. The van der Waals surface area contributed by atoms with Crippen molar-refractivity contribution in [3.8, 4) is 0 Å². The highest BCUT2D eigenvalue weighted by Crippen LogP contribution is 2.60. The Hall–Kier alpha value is -3.13. The Morgan fingerprint density at radius 1 is 1.03 bits per heavy atom. The number of carbonyl (C=O) groups excluding carboxylic acids is 1. The molecule has 0 aromatic carbocycles. The average molecular weight is 934 g/mol. The van der Waals surface area contributed by atoms with Crippen molar-refractivity contribution in [2.75, 3.05) is 55.8 Å². The van der Waals surface area contributed by atoms with Crippen LogP contribution in [0.2, 0.25) is 25.7 Å². The van der Waals surface area contributed by atoms with Crippen molar-refractivity contribution >= 4 is 92.0 Å². The predicted molar refractivity (Wildman–Crippen MR) is 224 cm³/mol. The Balaban J connectivity index is 1.000. The van der Waals surface area contributed by atoms with Crippen molar-refractivity contribution < 1.29 is 55.7 Å². The van der Waals surface area contributed by atoms with Crippen LogP contribution < -0.4 is 21.7 Å². The summed E-state index contributed by atoms with van der Waals surface area (Å²) < 4.78 is 87.2. The predicted octanol–water partition coefficient (Wildman–Crippen LogP) is 4.07. The molecule has 60 heavy (non-hydrogen) atoms. The van der Waals surface area contributed by atoms with E-state index in [1.165, 1.54) is 17.2 Å². The highest BCUT2D eigenvalue weighted by Gasteiger charge is 2.54. The number of alkyl carbamates (subject to hydrolysis) is 1. The van der Waals surface area contributed by atoms with Crippen molar-refractivity contribution in [2.24, 2.45) is 0 Å². The third-order valence-electron chi connectivity index (χ3n) is 10.3. The number of amides is 1. The van der Waals surface area contributed by atoms with Crippen LogP contribution in [0.3, 0.4) is 0 Å². The molecule has 10 atom stereocenters. The minimum atomic E-state index is -4.49. The van der Waals surface area contributed by atoms with E-state index in [4.69, 9.17) is 38.0 Å². The maximum absolute atomic E-state index is 16.3. The van der Waals surface area contributed by atoms with Crippen LogP contribution in [0.5, 0.6) is 0 Å². The lowest BCUT2D eigenvalue weighted by atomic mass is 10.1. The lowest BCUT2D eigenvalue weighted by Crippen LogP contribution is -2.35. The second kappa shape index (κ2) is 17.2. The van der Waals surface area contributed by atoms with Gasteiger partial charge in [0.15, 0.2) is 30.1 Å². The zero-order chi connectivity index (χ0) is 42.6. The highest BCUT2D eigenvalue weighted by atomic mass is 32.7. The van der Waals surface area contributed by atoms with E-state index >= 15 is 4.39 Å². The van der Waals surface area contributed by atoms with Crippen LogP contribution in [0.1, 0.15) is 24.4 Å². The Labute approximate surface area is 353 Å². The van der Waals surface area contributed by atoms with Gasteiger partial charge in [0.05, 0.1) is 31.5 Å². The number of rotatable bonds is 9. The molecule has 3 saturated heterocycles. The summed E-state index contributed by atoms with van der Waals surface area (Å²) in [6.45, 7) is -2.22. The summed E-state index contributed by atoms with van der Waals surface area (Å²) in [5.74, 6) is 0.649. The van der Waals surface area contributed by atoms with Gasteiger partial charge in [-0.15, -0.1) is 0 Å². The molecule has 2 unspecified atom stereocenters. The van der Waals surface area contributed by atoms with E-state index in [2.05, 4.69) is 85.0 Å². The topological polar surface area (TPSA) is 272 Å². The van der Waals surface area contributed by atoms with Gasteiger partial charge < -0.3 is 45.6 Å². The fourth-order valence-corrected chi connectivity index (χ4v) is 10.9. The lowest BCUT2D eigenvalue weighted by Gasteiger charge is -2.26. The number of nitrogens with one attached hydrogen (secondary N) is 3. The van der Waals surface area contributed by atoms with Gasteiger partial charge in [-0.2, -0.15) is 9.97 Å². The summed E-state index contributed by atoms with van der Waals surface area (Å²) in [6.07, 6.45) is -6.57. The van der Waals surface area contributed by atoms with Gasteiger partial charge in [-0.25, -0.2) is 33.3 Å². The summed E-state index contributed by atoms with van der Waals surface area (Å²) in [5, 5.41) is 21.3. The number of aryl methyl sites for hydroxylation is 1. The number of nitrogen functional groups attached to an aromatic ring is 1. The Bertz CT molecular complexity index is 2350. The zero-order valence-electron chi connectivity index (χ0n) is 32.6. The van der Waals surface area contributed by atoms with Crippen LogP contribution in [-0.2, 0) is 47.9 Å². The van der Waals surface area contributed by atoms with E-state index in [1.807, 2.05) is 0 Å². The molecular weight excluding hydrogens is 888 g/mol. The van der Waals surface area contributed by atoms with E-state index in [0.717, 1.165) is 30.0 Å². The number of ether oxygens (including phenoxy) is 3. The number of aromatic nitrogens is 7. The molecule has 1 amide bonds. The minimum Gasteiger partial charge on any atom is -0.450 e. The SMILES string of the molecule is C[Si](C)(C)CCOC(=O)NCCNc1nc(N)c2ncn([C@@H]3O[C@@H]4COP(=O)(S)O[C@H]5[C@@H](O)[C@H](n6cc7c8c(ncnc86)NCCC7)O[C@@H]5COP(=O)(S)O[C@@H]3[C@@H]4F)c2n1. The van der Waals surface area contributed by atoms with Crippen molar-refractivity contribution in [1.82, 2.24) is 39.4 Å². The molecule has 8 heterocycles. The summed E-state index contributed by atoms with van der Waals surface area (Å²) in [6, 6.07) is 0.834. The Morgan fingerprint density at radius 3 is 2.53 bits per heavy atom. The van der Waals surface area contributed by atoms with E-state index in [9.17, 15) is 19.0 Å². The molecule has 8 rings (SSSR count).